The van der Waals surface area contributed by atoms with Gasteiger partial charge in [0, 0.05) is 16.9 Å². The fourth-order valence-electron chi connectivity index (χ4n) is 3.02. The number of hydrogen-bond acceptors (Lipinski definition) is 3. The SMILES string of the molecule is CCC1=C(Nc2ccc3cc(C=O)ccc3c2)C1(N)CC. The summed E-state index contributed by atoms with van der Waals surface area (Å²) in [5.74, 6) is 0. The van der Waals surface area contributed by atoms with Gasteiger partial charge in [-0.3, -0.25) is 4.79 Å². The van der Waals surface area contributed by atoms with Crippen LogP contribution in [0.15, 0.2) is 47.7 Å². The molecule has 3 heteroatoms. The van der Waals surface area contributed by atoms with Crippen molar-refractivity contribution in [1.82, 2.24) is 0 Å². The van der Waals surface area contributed by atoms with Gasteiger partial charge in [0.05, 0.1) is 5.54 Å². The van der Waals surface area contributed by atoms with Crippen LogP contribution in [0.3, 0.4) is 0 Å². The highest BCUT2D eigenvalue weighted by molar-refractivity contribution is 5.91. The smallest absolute Gasteiger partial charge is 0.150 e. The minimum Gasteiger partial charge on any atom is -0.357 e. The highest BCUT2D eigenvalue weighted by atomic mass is 16.1. The Morgan fingerprint density at radius 1 is 1.14 bits per heavy atom. The van der Waals surface area contributed by atoms with Crippen molar-refractivity contribution in [1.29, 1.82) is 0 Å². The first kappa shape index (κ1) is 13.8. The van der Waals surface area contributed by atoms with Crippen LogP contribution in [0, 0.1) is 0 Å². The van der Waals surface area contributed by atoms with Crippen LogP contribution in [0.1, 0.15) is 37.0 Å². The number of aldehydes is 1. The number of carbonyl (C=O) groups excluding carboxylic acids is 1. The Bertz CT molecular complexity index is 748. The van der Waals surface area contributed by atoms with Crippen molar-refractivity contribution in [2.75, 3.05) is 5.32 Å². The van der Waals surface area contributed by atoms with Gasteiger partial charge in [0.2, 0.25) is 0 Å². The van der Waals surface area contributed by atoms with Gasteiger partial charge in [0.1, 0.15) is 6.29 Å². The Morgan fingerprint density at radius 3 is 2.48 bits per heavy atom. The number of nitrogens with two attached hydrogens (primary N) is 1. The third kappa shape index (κ3) is 2.24. The van der Waals surface area contributed by atoms with E-state index < -0.39 is 0 Å². The highest BCUT2D eigenvalue weighted by Gasteiger charge is 2.47. The molecule has 0 heterocycles. The van der Waals surface area contributed by atoms with Crippen molar-refractivity contribution in [2.45, 2.75) is 32.2 Å². The van der Waals surface area contributed by atoms with Crippen LogP contribution in [0.4, 0.5) is 5.69 Å². The molecule has 0 fully saturated rings. The molecule has 3 nitrogen and oxygen atoms in total. The molecular formula is C18H20N2O. The van der Waals surface area contributed by atoms with Gasteiger partial charge in [-0.15, -0.1) is 0 Å². The Kier molecular flexibility index (Phi) is 3.30. The summed E-state index contributed by atoms with van der Waals surface area (Å²) in [4.78, 5) is 10.8. The zero-order valence-electron chi connectivity index (χ0n) is 12.4. The molecule has 0 amide bonds. The average molecular weight is 280 g/mol. The molecule has 0 aliphatic heterocycles. The molecule has 0 aromatic heterocycles. The number of rotatable bonds is 5. The molecule has 1 unspecified atom stereocenters. The summed E-state index contributed by atoms with van der Waals surface area (Å²) in [6, 6.07) is 11.9. The van der Waals surface area contributed by atoms with Crippen molar-refractivity contribution in [3.63, 3.8) is 0 Å². The summed E-state index contributed by atoms with van der Waals surface area (Å²) in [6.07, 6.45) is 2.79. The molecule has 1 aliphatic rings. The standard InChI is InChI=1S/C18H20N2O/c1-3-16-17(18(16,19)4-2)20-15-8-7-13-9-12(11-21)5-6-14(13)10-15/h5-11,20H,3-4,19H2,1-2H3. The van der Waals surface area contributed by atoms with Crippen molar-refractivity contribution in [3.05, 3.63) is 53.2 Å². The van der Waals surface area contributed by atoms with E-state index in [-0.39, 0.29) is 5.54 Å². The van der Waals surface area contributed by atoms with Crippen molar-refractivity contribution in [2.24, 2.45) is 5.73 Å². The van der Waals surface area contributed by atoms with E-state index in [2.05, 4.69) is 25.2 Å². The Hall–Kier alpha value is -2.13. The van der Waals surface area contributed by atoms with E-state index in [1.165, 1.54) is 5.57 Å². The van der Waals surface area contributed by atoms with Gasteiger partial charge in [-0.25, -0.2) is 0 Å². The summed E-state index contributed by atoms with van der Waals surface area (Å²) in [6.45, 7) is 4.26. The predicted molar refractivity (Wildman–Crippen MR) is 87.5 cm³/mol. The monoisotopic (exact) mass is 280 g/mol. The van der Waals surface area contributed by atoms with Crippen LogP contribution in [0.2, 0.25) is 0 Å². The second kappa shape index (κ2) is 5.01. The maximum Gasteiger partial charge on any atom is 0.150 e. The quantitative estimate of drug-likeness (QED) is 0.818. The number of anilines is 1. The molecule has 1 atom stereocenters. The zero-order valence-corrected chi connectivity index (χ0v) is 12.4. The van der Waals surface area contributed by atoms with Crippen LogP contribution in [-0.4, -0.2) is 11.8 Å². The second-order valence-corrected chi connectivity index (χ2v) is 5.60. The summed E-state index contributed by atoms with van der Waals surface area (Å²) in [5, 5.41) is 5.65. The van der Waals surface area contributed by atoms with Crippen molar-refractivity contribution >= 4 is 22.7 Å². The van der Waals surface area contributed by atoms with E-state index in [0.717, 1.165) is 41.3 Å². The van der Waals surface area contributed by atoms with Crippen LogP contribution < -0.4 is 11.1 Å². The molecule has 0 saturated carbocycles. The second-order valence-electron chi connectivity index (χ2n) is 5.60. The third-order valence-corrected chi connectivity index (χ3v) is 4.40. The first-order chi connectivity index (χ1) is 10.1. The number of benzene rings is 2. The largest absolute Gasteiger partial charge is 0.357 e. The molecule has 108 valence electrons. The molecule has 1 aliphatic carbocycles. The van der Waals surface area contributed by atoms with E-state index in [9.17, 15) is 4.79 Å². The van der Waals surface area contributed by atoms with E-state index in [1.807, 2.05) is 30.3 Å². The normalized spacial score (nSPS) is 20.7. The molecule has 3 rings (SSSR count). The Morgan fingerprint density at radius 2 is 1.86 bits per heavy atom. The summed E-state index contributed by atoms with van der Waals surface area (Å²) < 4.78 is 0. The van der Waals surface area contributed by atoms with Gasteiger partial charge >= 0.3 is 0 Å². The van der Waals surface area contributed by atoms with Gasteiger partial charge in [0.25, 0.3) is 0 Å². The lowest BCUT2D eigenvalue weighted by Crippen LogP contribution is -2.29. The first-order valence-electron chi connectivity index (χ1n) is 7.41. The highest BCUT2D eigenvalue weighted by Crippen LogP contribution is 2.46. The minimum absolute atomic E-state index is 0.231. The van der Waals surface area contributed by atoms with Crippen LogP contribution in [-0.2, 0) is 0 Å². The minimum atomic E-state index is -0.231. The molecule has 0 spiro atoms. The van der Waals surface area contributed by atoms with Gasteiger partial charge in [0.15, 0.2) is 0 Å². The van der Waals surface area contributed by atoms with Crippen LogP contribution in [0.5, 0.6) is 0 Å². The lowest BCUT2D eigenvalue weighted by Gasteiger charge is -2.12. The topological polar surface area (TPSA) is 55.1 Å². The van der Waals surface area contributed by atoms with Gasteiger partial charge in [-0.1, -0.05) is 32.0 Å². The van der Waals surface area contributed by atoms with E-state index in [1.54, 1.807) is 0 Å². The molecule has 0 saturated heterocycles. The number of carbonyl (C=O) groups is 1. The Balaban J connectivity index is 1.89. The number of hydrogen-bond donors (Lipinski definition) is 2. The molecule has 2 aromatic rings. The summed E-state index contributed by atoms with van der Waals surface area (Å²) >= 11 is 0. The maximum absolute atomic E-state index is 10.8. The summed E-state index contributed by atoms with van der Waals surface area (Å²) in [5.41, 5.74) is 10.4. The fourth-order valence-corrected chi connectivity index (χ4v) is 3.02. The zero-order chi connectivity index (χ0) is 15.0. The lowest BCUT2D eigenvalue weighted by molar-refractivity contribution is 0.112. The molecule has 21 heavy (non-hydrogen) atoms. The van der Waals surface area contributed by atoms with Crippen LogP contribution >= 0.6 is 0 Å². The first-order valence-corrected chi connectivity index (χ1v) is 7.41. The van der Waals surface area contributed by atoms with Crippen LogP contribution in [0.25, 0.3) is 10.8 Å². The fraction of sp³-hybridized carbons (Fsp3) is 0.278. The van der Waals surface area contributed by atoms with E-state index >= 15 is 0 Å². The average Bonchev–Trinajstić information content (AvgIpc) is 3.10. The van der Waals surface area contributed by atoms with Gasteiger partial charge in [-0.05, 0) is 47.4 Å². The molecule has 0 radical (unpaired) electrons. The van der Waals surface area contributed by atoms with Gasteiger partial charge in [-0.2, -0.15) is 0 Å². The van der Waals surface area contributed by atoms with Gasteiger partial charge < -0.3 is 11.1 Å². The molecule has 0 bridgehead atoms. The Labute approximate surface area is 124 Å². The van der Waals surface area contributed by atoms with E-state index in [4.69, 9.17) is 5.73 Å². The molecule has 2 aromatic carbocycles. The number of fused-ring (bicyclic) bond motifs is 1. The lowest BCUT2D eigenvalue weighted by atomic mass is 10.1. The summed E-state index contributed by atoms with van der Waals surface area (Å²) in [7, 11) is 0. The molecule has 3 N–H and O–H groups in total. The van der Waals surface area contributed by atoms with Crippen molar-refractivity contribution in [3.8, 4) is 0 Å². The third-order valence-electron chi connectivity index (χ3n) is 4.40. The molecular weight excluding hydrogens is 260 g/mol. The van der Waals surface area contributed by atoms with Crippen molar-refractivity contribution < 1.29 is 4.79 Å². The maximum atomic E-state index is 10.8. The van der Waals surface area contributed by atoms with E-state index in [0.29, 0.717) is 5.56 Å². The number of nitrogens with one attached hydrogen (secondary N) is 1. The predicted octanol–water partition coefficient (Wildman–Crippen LogP) is 3.85.